The highest BCUT2D eigenvalue weighted by Crippen LogP contribution is 2.12. The van der Waals surface area contributed by atoms with E-state index in [-0.39, 0.29) is 11.4 Å². The topological polar surface area (TPSA) is 97.4 Å². The Bertz CT molecular complexity index is 784. The van der Waals surface area contributed by atoms with Crippen LogP contribution < -0.4 is 10.6 Å². The molecule has 0 aliphatic rings. The number of benzene rings is 1. The van der Waals surface area contributed by atoms with Gasteiger partial charge in [-0.2, -0.15) is 0 Å². The van der Waals surface area contributed by atoms with Crippen LogP contribution >= 0.6 is 0 Å². The zero-order valence-corrected chi connectivity index (χ0v) is 12.8. The van der Waals surface area contributed by atoms with E-state index in [9.17, 15) is 23.2 Å². The standard InChI is InChI=1S/C16H13F2N3O4/c17-11-5-4-10(7-12(11)18)21-14(22)8-20-15(23)9-25-16(24)13-3-1-2-6-19-13/h1-7H,8-9H2,(H,20,23)(H,21,22). The minimum atomic E-state index is -1.11. The molecule has 0 saturated carbocycles. The largest absolute Gasteiger partial charge is 0.451 e. The second kappa shape index (κ2) is 8.48. The maximum Gasteiger partial charge on any atom is 0.357 e. The molecule has 0 fully saturated rings. The van der Waals surface area contributed by atoms with Crippen molar-refractivity contribution in [3.63, 3.8) is 0 Å². The molecule has 2 aromatic rings. The number of carbonyl (C=O) groups is 3. The van der Waals surface area contributed by atoms with Crippen LogP contribution in [0.15, 0.2) is 42.6 Å². The van der Waals surface area contributed by atoms with Crippen LogP contribution in [0, 0.1) is 11.6 Å². The number of hydrogen-bond donors (Lipinski definition) is 2. The predicted molar refractivity (Wildman–Crippen MR) is 82.5 cm³/mol. The lowest BCUT2D eigenvalue weighted by Gasteiger charge is -2.08. The Morgan fingerprint density at radius 1 is 1.04 bits per heavy atom. The zero-order valence-electron chi connectivity index (χ0n) is 12.8. The van der Waals surface area contributed by atoms with Gasteiger partial charge in [0.15, 0.2) is 18.2 Å². The first-order chi connectivity index (χ1) is 12.0. The first kappa shape index (κ1) is 18.0. The van der Waals surface area contributed by atoms with Gasteiger partial charge in [-0.1, -0.05) is 6.07 Å². The Balaban J connectivity index is 1.73. The van der Waals surface area contributed by atoms with Gasteiger partial charge >= 0.3 is 5.97 Å². The molecule has 130 valence electrons. The molecule has 1 aromatic heterocycles. The number of nitrogens with one attached hydrogen (secondary N) is 2. The summed E-state index contributed by atoms with van der Waals surface area (Å²) < 4.78 is 30.5. The molecule has 0 aliphatic heterocycles. The van der Waals surface area contributed by atoms with Gasteiger partial charge in [-0.3, -0.25) is 9.59 Å². The zero-order chi connectivity index (χ0) is 18.2. The smallest absolute Gasteiger partial charge is 0.357 e. The average molecular weight is 349 g/mol. The number of hydrogen-bond acceptors (Lipinski definition) is 5. The summed E-state index contributed by atoms with van der Waals surface area (Å²) >= 11 is 0. The molecule has 0 bridgehead atoms. The van der Waals surface area contributed by atoms with Crippen LogP contribution in [0.3, 0.4) is 0 Å². The van der Waals surface area contributed by atoms with Crippen LogP contribution in [0.2, 0.25) is 0 Å². The van der Waals surface area contributed by atoms with E-state index in [2.05, 4.69) is 15.6 Å². The number of carbonyl (C=O) groups excluding carboxylic acids is 3. The number of rotatable bonds is 6. The molecular formula is C16H13F2N3O4. The molecule has 0 unspecified atom stereocenters. The molecule has 1 aromatic carbocycles. The van der Waals surface area contributed by atoms with Crippen LogP contribution in [0.5, 0.6) is 0 Å². The third-order valence-corrected chi connectivity index (χ3v) is 2.86. The van der Waals surface area contributed by atoms with Gasteiger partial charge in [-0.05, 0) is 24.3 Å². The molecule has 0 atom stereocenters. The summed E-state index contributed by atoms with van der Waals surface area (Å²) in [5.41, 5.74) is 0.0890. The molecule has 2 amide bonds. The van der Waals surface area contributed by atoms with Crippen LogP contribution in [-0.4, -0.2) is 35.9 Å². The summed E-state index contributed by atoms with van der Waals surface area (Å²) in [6.07, 6.45) is 1.40. The van der Waals surface area contributed by atoms with E-state index in [4.69, 9.17) is 4.74 Å². The van der Waals surface area contributed by atoms with Gasteiger partial charge < -0.3 is 15.4 Å². The van der Waals surface area contributed by atoms with E-state index in [0.29, 0.717) is 0 Å². The fourth-order valence-electron chi connectivity index (χ4n) is 1.70. The summed E-state index contributed by atoms with van der Waals surface area (Å²) in [5, 5.41) is 4.50. The number of aromatic nitrogens is 1. The van der Waals surface area contributed by atoms with Crippen molar-refractivity contribution in [3.05, 3.63) is 59.9 Å². The fourth-order valence-corrected chi connectivity index (χ4v) is 1.70. The molecule has 7 nitrogen and oxygen atoms in total. The van der Waals surface area contributed by atoms with Gasteiger partial charge in [-0.15, -0.1) is 0 Å². The first-order valence-electron chi connectivity index (χ1n) is 7.05. The summed E-state index contributed by atoms with van der Waals surface area (Å²) in [5.74, 6) is -4.29. The number of ether oxygens (including phenoxy) is 1. The minimum absolute atomic E-state index is 0.0414. The maximum atomic E-state index is 13.0. The quantitative estimate of drug-likeness (QED) is 0.766. The van der Waals surface area contributed by atoms with E-state index < -0.39 is 42.6 Å². The normalized spacial score (nSPS) is 10.0. The van der Waals surface area contributed by atoms with Crippen molar-refractivity contribution >= 4 is 23.5 Å². The maximum absolute atomic E-state index is 13.0. The molecule has 1 heterocycles. The first-order valence-corrected chi connectivity index (χ1v) is 7.05. The third kappa shape index (κ3) is 5.65. The second-order valence-electron chi connectivity index (χ2n) is 4.74. The Hall–Kier alpha value is -3.36. The van der Waals surface area contributed by atoms with Gasteiger partial charge in [0.1, 0.15) is 5.69 Å². The Labute approximate surface area is 141 Å². The van der Waals surface area contributed by atoms with Crippen molar-refractivity contribution in [2.45, 2.75) is 0 Å². The van der Waals surface area contributed by atoms with Crippen molar-refractivity contribution in [2.24, 2.45) is 0 Å². The van der Waals surface area contributed by atoms with Gasteiger partial charge in [0, 0.05) is 18.0 Å². The third-order valence-electron chi connectivity index (χ3n) is 2.86. The highest BCUT2D eigenvalue weighted by atomic mass is 19.2. The Morgan fingerprint density at radius 2 is 1.84 bits per heavy atom. The summed E-state index contributed by atoms with van der Waals surface area (Å²) in [4.78, 5) is 38.5. The number of nitrogens with zero attached hydrogens (tertiary/aromatic N) is 1. The van der Waals surface area contributed by atoms with Crippen molar-refractivity contribution in [3.8, 4) is 0 Å². The number of pyridine rings is 1. The van der Waals surface area contributed by atoms with Gasteiger partial charge in [0.05, 0.1) is 6.54 Å². The van der Waals surface area contributed by atoms with E-state index >= 15 is 0 Å². The molecule has 0 radical (unpaired) electrons. The van der Waals surface area contributed by atoms with E-state index in [1.807, 2.05) is 0 Å². The molecule has 0 spiro atoms. The summed E-state index contributed by atoms with van der Waals surface area (Å²) in [7, 11) is 0. The highest BCUT2D eigenvalue weighted by Gasteiger charge is 2.12. The highest BCUT2D eigenvalue weighted by molar-refractivity contribution is 5.95. The predicted octanol–water partition coefficient (Wildman–Crippen LogP) is 1.27. The lowest BCUT2D eigenvalue weighted by atomic mass is 10.3. The van der Waals surface area contributed by atoms with E-state index in [1.54, 1.807) is 12.1 Å². The van der Waals surface area contributed by atoms with Crippen LogP contribution in [0.25, 0.3) is 0 Å². The molecule has 2 rings (SSSR count). The van der Waals surface area contributed by atoms with Crippen LogP contribution in [0.1, 0.15) is 10.5 Å². The monoisotopic (exact) mass is 349 g/mol. The second-order valence-corrected chi connectivity index (χ2v) is 4.74. The molecular weight excluding hydrogens is 336 g/mol. The summed E-state index contributed by atoms with van der Waals surface area (Å²) in [6.45, 7) is -1.02. The molecule has 0 aliphatic carbocycles. The average Bonchev–Trinajstić information content (AvgIpc) is 2.61. The summed E-state index contributed by atoms with van der Waals surface area (Å²) in [6, 6.07) is 7.48. The van der Waals surface area contributed by atoms with Gasteiger partial charge in [0.25, 0.3) is 5.91 Å². The van der Waals surface area contributed by atoms with Crippen molar-refractivity contribution in [1.29, 1.82) is 0 Å². The van der Waals surface area contributed by atoms with Crippen molar-refractivity contribution < 1.29 is 27.9 Å². The Kier molecular flexibility index (Phi) is 6.10. The minimum Gasteiger partial charge on any atom is -0.451 e. The van der Waals surface area contributed by atoms with Crippen molar-refractivity contribution in [2.75, 3.05) is 18.5 Å². The van der Waals surface area contributed by atoms with Gasteiger partial charge in [-0.25, -0.2) is 18.6 Å². The lowest BCUT2D eigenvalue weighted by Crippen LogP contribution is -2.35. The van der Waals surface area contributed by atoms with Gasteiger partial charge in [0.2, 0.25) is 5.91 Å². The van der Waals surface area contributed by atoms with E-state index in [0.717, 1.165) is 12.1 Å². The molecule has 25 heavy (non-hydrogen) atoms. The van der Waals surface area contributed by atoms with Crippen LogP contribution in [0.4, 0.5) is 14.5 Å². The fraction of sp³-hybridized carbons (Fsp3) is 0.125. The molecule has 2 N–H and O–H groups in total. The number of amides is 2. The SMILES string of the molecule is O=C(COC(=O)c1ccccn1)NCC(=O)Nc1ccc(F)c(F)c1. The Morgan fingerprint density at radius 3 is 2.52 bits per heavy atom. The number of halogens is 2. The van der Waals surface area contributed by atoms with E-state index in [1.165, 1.54) is 18.3 Å². The number of anilines is 1. The molecule has 9 heteroatoms. The number of esters is 1. The molecule has 0 saturated heterocycles. The van der Waals surface area contributed by atoms with Crippen molar-refractivity contribution in [1.82, 2.24) is 10.3 Å². The lowest BCUT2D eigenvalue weighted by molar-refractivity contribution is -0.126. The van der Waals surface area contributed by atoms with Crippen LogP contribution in [-0.2, 0) is 14.3 Å².